The Morgan fingerprint density at radius 2 is 2.43 bits per heavy atom. The molecule has 1 aromatic heterocycles. The van der Waals surface area contributed by atoms with Crippen LogP contribution in [0, 0.1) is 12.8 Å². The Balaban J connectivity index is 2.10. The fraction of sp³-hybridized carbons (Fsp3) is 0.700. The summed E-state index contributed by atoms with van der Waals surface area (Å²) in [6.45, 7) is 5.29. The Kier molecular flexibility index (Phi) is 4.90. The molecule has 2 N–H and O–H groups in total. The smallest absolute Gasteiger partial charge is 0.182 e. The van der Waals surface area contributed by atoms with E-state index in [0.717, 1.165) is 30.2 Å². The van der Waals surface area contributed by atoms with Gasteiger partial charge < -0.3 is 10.4 Å². The molecule has 0 amide bonds. The van der Waals surface area contributed by atoms with Gasteiger partial charge in [-0.3, -0.25) is 0 Å². The molecule has 1 aromatic rings. The maximum Gasteiger partial charge on any atom is 0.182 e. The monoisotopic (exact) mass is 214 g/mol. The average molecular weight is 214 g/mol. The first-order chi connectivity index (χ1) is 6.72. The second-order valence-electron chi connectivity index (χ2n) is 3.65. The van der Waals surface area contributed by atoms with Gasteiger partial charge in [0, 0.05) is 18.5 Å². The van der Waals surface area contributed by atoms with E-state index in [1.807, 2.05) is 12.3 Å². The first-order valence-electron chi connectivity index (χ1n) is 4.99. The van der Waals surface area contributed by atoms with Gasteiger partial charge in [0.05, 0.1) is 5.69 Å². The molecule has 0 fully saturated rings. The molecule has 1 unspecified atom stereocenters. The van der Waals surface area contributed by atoms with E-state index >= 15 is 0 Å². The number of aliphatic hydroxyl groups excluding tert-OH is 1. The summed E-state index contributed by atoms with van der Waals surface area (Å²) in [6.07, 6.45) is 2.15. The van der Waals surface area contributed by atoms with Crippen LogP contribution < -0.4 is 5.32 Å². The highest BCUT2D eigenvalue weighted by Gasteiger charge is 2.00. The molecular weight excluding hydrogens is 196 g/mol. The van der Waals surface area contributed by atoms with E-state index in [0.29, 0.717) is 5.92 Å². The molecule has 0 aliphatic heterocycles. The van der Waals surface area contributed by atoms with Gasteiger partial charge in [-0.25, -0.2) is 4.98 Å². The molecule has 1 atom stereocenters. The van der Waals surface area contributed by atoms with Crippen molar-refractivity contribution in [2.24, 2.45) is 5.92 Å². The number of hydrogen-bond donors (Lipinski definition) is 2. The molecule has 0 aliphatic rings. The minimum absolute atomic E-state index is 0.288. The number of thiazole rings is 1. The van der Waals surface area contributed by atoms with E-state index in [1.165, 1.54) is 0 Å². The number of nitrogens with one attached hydrogen (secondary N) is 1. The lowest BCUT2D eigenvalue weighted by Crippen LogP contribution is -2.06. The third-order valence-corrected chi connectivity index (χ3v) is 3.00. The number of hydrogen-bond acceptors (Lipinski definition) is 4. The van der Waals surface area contributed by atoms with Crippen LogP contribution in [0.2, 0.25) is 0 Å². The van der Waals surface area contributed by atoms with Crippen molar-refractivity contribution in [3.05, 3.63) is 11.1 Å². The molecule has 14 heavy (non-hydrogen) atoms. The van der Waals surface area contributed by atoms with Crippen LogP contribution in [0.15, 0.2) is 5.38 Å². The van der Waals surface area contributed by atoms with E-state index in [1.54, 1.807) is 11.3 Å². The van der Waals surface area contributed by atoms with Crippen molar-refractivity contribution in [1.29, 1.82) is 0 Å². The quantitative estimate of drug-likeness (QED) is 0.714. The number of rotatable bonds is 6. The second-order valence-corrected chi connectivity index (χ2v) is 4.51. The molecule has 1 rings (SSSR count). The zero-order valence-corrected chi connectivity index (χ0v) is 9.60. The first-order valence-corrected chi connectivity index (χ1v) is 5.87. The number of nitrogens with zero attached hydrogens (tertiary/aromatic N) is 1. The molecule has 4 heteroatoms. The molecule has 0 spiro atoms. The third-order valence-electron chi connectivity index (χ3n) is 2.08. The summed E-state index contributed by atoms with van der Waals surface area (Å²) in [5, 5.41) is 15.1. The molecule has 0 saturated carbocycles. The van der Waals surface area contributed by atoms with E-state index in [2.05, 4.69) is 17.2 Å². The zero-order chi connectivity index (χ0) is 10.4. The van der Waals surface area contributed by atoms with E-state index in [4.69, 9.17) is 5.11 Å². The Morgan fingerprint density at radius 1 is 1.64 bits per heavy atom. The summed E-state index contributed by atoms with van der Waals surface area (Å²) in [6, 6.07) is 0. The van der Waals surface area contributed by atoms with Crippen molar-refractivity contribution >= 4 is 16.5 Å². The molecule has 0 aliphatic carbocycles. The van der Waals surface area contributed by atoms with Gasteiger partial charge >= 0.3 is 0 Å². The fourth-order valence-corrected chi connectivity index (χ4v) is 1.89. The number of aromatic nitrogens is 1. The topological polar surface area (TPSA) is 45.1 Å². The lowest BCUT2D eigenvalue weighted by atomic mass is 10.1. The highest BCUT2D eigenvalue weighted by Crippen LogP contribution is 2.14. The van der Waals surface area contributed by atoms with E-state index in [9.17, 15) is 0 Å². The van der Waals surface area contributed by atoms with Crippen molar-refractivity contribution in [3.63, 3.8) is 0 Å². The fourth-order valence-electron chi connectivity index (χ4n) is 1.17. The lowest BCUT2D eigenvalue weighted by Gasteiger charge is -2.07. The van der Waals surface area contributed by atoms with Crippen molar-refractivity contribution in [2.75, 3.05) is 18.5 Å². The van der Waals surface area contributed by atoms with Gasteiger partial charge in [-0.1, -0.05) is 6.92 Å². The van der Waals surface area contributed by atoms with Crippen molar-refractivity contribution in [3.8, 4) is 0 Å². The van der Waals surface area contributed by atoms with Gasteiger partial charge in [0.2, 0.25) is 0 Å². The van der Waals surface area contributed by atoms with Crippen LogP contribution in [0.5, 0.6) is 0 Å². The highest BCUT2D eigenvalue weighted by atomic mass is 32.1. The Labute approximate surface area is 89.2 Å². The second kappa shape index (κ2) is 5.98. The Morgan fingerprint density at radius 3 is 3.00 bits per heavy atom. The predicted octanol–water partition coefficient (Wildman–Crippen LogP) is 2.27. The third kappa shape index (κ3) is 4.07. The van der Waals surface area contributed by atoms with Gasteiger partial charge in [-0.05, 0) is 25.7 Å². The average Bonchev–Trinajstić information content (AvgIpc) is 2.58. The molecule has 1 heterocycles. The molecule has 0 aromatic carbocycles. The van der Waals surface area contributed by atoms with Gasteiger partial charge in [-0.2, -0.15) is 0 Å². The van der Waals surface area contributed by atoms with Crippen LogP contribution in [0.1, 0.15) is 25.5 Å². The predicted molar refractivity (Wildman–Crippen MR) is 60.8 cm³/mol. The SMILES string of the molecule is Cc1csc(NCCCC(C)CO)n1. The summed E-state index contributed by atoms with van der Waals surface area (Å²) in [5.41, 5.74) is 1.07. The Bertz CT molecular complexity index is 262. The molecular formula is C10H18N2OS. The summed E-state index contributed by atoms with van der Waals surface area (Å²) in [7, 11) is 0. The van der Waals surface area contributed by atoms with E-state index in [-0.39, 0.29) is 6.61 Å². The van der Waals surface area contributed by atoms with Gasteiger partial charge in [0.1, 0.15) is 0 Å². The maximum atomic E-state index is 8.82. The minimum atomic E-state index is 0.288. The van der Waals surface area contributed by atoms with Gasteiger partial charge in [0.15, 0.2) is 5.13 Å². The molecule has 0 bridgehead atoms. The van der Waals surface area contributed by atoms with Gasteiger partial charge in [-0.15, -0.1) is 11.3 Å². The lowest BCUT2D eigenvalue weighted by molar-refractivity contribution is 0.229. The minimum Gasteiger partial charge on any atom is -0.396 e. The van der Waals surface area contributed by atoms with E-state index < -0.39 is 0 Å². The molecule has 0 saturated heterocycles. The van der Waals surface area contributed by atoms with Crippen LogP contribution >= 0.6 is 11.3 Å². The highest BCUT2D eigenvalue weighted by molar-refractivity contribution is 7.13. The number of aliphatic hydroxyl groups is 1. The van der Waals surface area contributed by atoms with Crippen LogP contribution in [0.25, 0.3) is 0 Å². The summed E-state index contributed by atoms with van der Waals surface area (Å²) in [5.74, 6) is 0.412. The Hall–Kier alpha value is -0.610. The van der Waals surface area contributed by atoms with Crippen LogP contribution in [-0.4, -0.2) is 23.2 Å². The normalized spacial score (nSPS) is 12.8. The van der Waals surface area contributed by atoms with Crippen molar-refractivity contribution < 1.29 is 5.11 Å². The van der Waals surface area contributed by atoms with Crippen molar-refractivity contribution in [1.82, 2.24) is 4.98 Å². The summed E-state index contributed by atoms with van der Waals surface area (Å²) in [4.78, 5) is 4.31. The first kappa shape index (κ1) is 11.5. The zero-order valence-electron chi connectivity index (χ0n) is 8.79. The largest absolute Gasteiger partial charge is 0.396 e. The standard InChI is InChI=1S/C10H18N2OS/c1-8(6-13)4-3-5-11-10-12-9(2)7-14-10/h7-8,13H,3-6H2,1-2H3,(H,11,12). The van der Waals surface area contributed by atoms with Crippen LogP contribution in [0.4, 0.5) is 5.13 Å². The van der Waals surface area contributed by atoms with Gasteiger partial charge in [0.25, 0.3) is 0 Å². The molecule has 3 nitrogen and oxygen atoms in total. The molecule has 80 valence electrons. The van der Waals surface area contributed by atoms with Crippen molar-refractivity contribution in [2.45, 2.75) is 26.7 Å². The summed E-state index contributed by atoms with van der Waals surface area (Å²) >= 11 is 1.64. The maximum absolute atomic E-state index is 8.82. The molecule has 0 radical (unpaired) electrons. The van der Waals surface area contributed by atoms with Crippen LogP contribution in [-0.2, 0) is 0 Å². The number of anilines is 1. The van der Waals surface area contributed by atoms with Crippen LogP contribution in [0.3, 0.4) is 0 Å². The summed E-state index contributed by atoms with van der Waals surface area (Å²) < 4.78 is 0. The number of aryl methyl sites for hydroxylation is 1.